The number of carbonyl (C=O) groups excluding carboxylic acids is 2. The van der Waals surface area contributed by atoms with Gasteiger partial charge < -0.3 is 14.8 Å². The predicted molar refractivity (Wildman–Crippen MR) is 139 cm³/mol. The number of esters is 1. The number of aromatic nitrogens is 3. The van der Waals surface area contributed by atoms with E-state index in [9.17, 15) is 22.8 Å². The third-order valence-electron chi connectivity index (χ3n) is 6.62. The molecule has 39 heavy (non-hydrogen) atoms. The van der Waals surface area contributed by atoms with Gasteiger partial charge in [0, 0.05) is 16.5 Å². The lowest BCUT2D eigenvalue weighted by Crippen LogP contribution is -2.17. The Balaban J connectivity index is 1.53. The molecule has 0 spiro atoms. The molecule has 0 saturated heterocycles. The first kappa shape index (κ1) is 26.7. The Labute approximate surface area is 225 Å². The Morgan fingerprint density at radius 2 is 1.74 bits per heavy atom. The minimum absolute atomic E-state index is 0.0652. The average Bonchev–Trinajstić information content (AvgIpc) is 3.48. The molecule has 1 amide bonds. The molecule has 0 bridgehead atoms. The Kier molecular flexibility index (Phi) is 7.30. The van der Waals surface area contributed by atoms with E-state index in [0.29, 0.717) is 32.8 Å². The molecule has 4 aromatic rings. The van der Waals surface area contributed by atoms with E-state index in [1.807, 2.05) is 0 Å². The summed E-state index contributed by atoms with van der Waals surface area (Å²) < 4.78 is 52.7. The number of hydrogen-bond donors (Lipinski definition) is 1. The fourth-order valence-corrected chi connectivity index (χ4v) is 5.96. The van der Waals surface area contributed by atoms with Crippen LogP contribution in [0.15, 0.2) is 36.4 Å². The molecule has 0 atom stereocenters. The van der Waals surface area contributed by atoms with Crippen molar-refractivity contribution in [1.82, 2.24) is 14.6 Å². The lowest BCUT2D eigenvalue weighted by Gasteiger charge is -2.11. The number of aryl methyl sites for hydroxylation is 1. The molecule has 204 valence electrons. The highest BCUT2D eigenvalue weighted by Gasteiger charge is 2.36. The van der Waals surface area contributed by atoms with E-state index >= 15 is 0 Å². The monoisotopic (exact) mass is 558 g/mol. The number of nitrogens with zero attached hydrogens (tertiary/aromatic N) is 3. The van der Waals surface area contributed by atoms with E-state index in [2.05, 4.69) is 15.4 Å². The van der Waals surface area contributed by atoms with Crippen LogP contribution in [0.3, 0.4) is 0 Å². The fraction of sp³-hybridized carbons (Fsp3) is 0.333. The molecular formula is C27H25F3N4O4S. The molecule has 0 unspecified atom stereocenters. The number of nitrogens with one attached hydrogen (secondary N) is 1. The van der Waals surface area contributed by atoms with Crippen LogP contribution >= 0.6 is 11.3 Å². The van der Waals surface area contributed by atoms with E-state index in [4.69, 9.17) is 9.47 Å². The van der Waals surface area contributed by atoms with Crippen LogP contribution in [0.1, 0.15) is 62.7 Å². The molecule has 0 saturated carbocycles. The molecule has 0 radical (unpaired) electrons. The second kappa shape index (κ2) is 10.7. The SMILES string of the molecule is COC(=O)c1c(NC(=O)c2cc3nc(-c4ccc(OC)cc4)cc(C(F)(F)F)n3n2)sc2c1CCCCCC2. The van der Waals surface area contributed by atoms with Crippen molar-refractivity contribution in [2.24, 2.45) is 0 Å². The summed E-state index contributed by atoms with van der Waals surface area (Å²) >= 11 is 1.30. The fourth-order valence-electron chi connectivity index (χ4n) is 4.69. The maximum atomic E-state index is 14.0. The van der Waals surface area contributed by atoms with Gasteiger partial charge in [0.15, 0.2) is 17.0 Å². The third kappa shape index (κ3) is 5.33. The lowest BCUT2D eigenvalue weighted by molar-refractivity contribution is -0.142. The van der Waals surface area contributed by atoms with Crippen molar-refractivity contribution in [2.75, 3.05) is 19.5 Å². The van der Waals surface area contributed by atoms with Gasteiger partial charge in [0.25, 0.3) is 5.91 Å². The summed E-state index contributed by atoms with van der Waals surface area (Å²) in [5.41, 5.74) is 0.176. The molecule has 3 aromatic heterocycles. The van der Waals surface area contributed by atoms with Crippen molar-refractivity contribution in [1.29, 1.82) is 0 Å². The number of fused-ring (bicyclic) bond motifs is 2. The number of methoxy groups -OCH3 is 2. The normalized spacial score (nSPS) is 13.9. The number of hydrogen-bond acceptors (Lipinski definition) is 7. The van der Waals surface area contributed by atoms with Crippen molar-refractivity contribution < 1.29 is 32.2 Å². The molecule has 1 aromatic carbocycles. The van der Waals surface area contributed by atoms with Crippen molar-refractivity contribution in [3.8, 4) is 17.0 Å². The number of rotatable bonds is 5. The third-order valence-corrected chi connectivity index (χ3v) is 7.83. The van der Waals surface area contributed by atoms with Crippen molar-refractivity contribution in [2.45, 2.75) is 44.7 Å². The zero-order valence-corrected chi connectivity index (χ0v) is 22.0. The van der Waals surface area contributed by atoms with Gasteiger partial charge in [-0.2, -0.15) is 18.3 Å². The van der Waals surface area contributed by atoms with Crippen LogP contribution in [0.25, 0.3) is 16.9 Å². The van der Waals surface area contributed by atoms with Crippen LogP contribution in [-0.2, 0) is 23.8 Å². The number of thiophene rings is 1. The minimum atomic E-state index is -4.76. The first-order valence-corrected chi connectivity index (χ1v) is 13.2. The molecule has 0 aliphatic heterocycles. The maximum Gasteiger partial charge on any atom is 0.433 e. The molecular weight excluding hydrogens is 533 g/mol. The zero-order chi connectivity index (χ0) is 27.7. The number of benzene rings is 1. The quantitative estimate of drug-likeness (QED) is 0.294. The maximum absolute atomic E-state index is 14.0. The van der Waals surface area contributed by atoms with Gasteiger partial charge in [-0.25, -0.2) is 14.3 Å². The summed E-state index contributed by atoms with van der Waals surface area (Å²) in [4.78, 5) is 31.2. The number of alkyl halides is 3. The highest BCUT2D eigenvalue weighted by atomic mass is 32.1. The van der Waals surface area contributed by atoms with Crippen molar-refractivity contribution in [3.63, 3.8) is 0 Å². The number of halogens is 3. The zero-order valence-electron chi connectivity index (χ0n) is 21.2. The van der Waals surface area contributed by atoms with Gasteiger partial charge in [-0.15, -0.1) is 11.3 Å². The lowest BCUT2D eigenvalue weighted by atomic mass is 9.96. The van der Waals surface area contributed by atoms with Crippen molar-refractivity contribution in [3.05, 3.63) is 63.8 Å². The number of carbonyl (C=O) groups is 2. The van der Waals surface area contributed by atoms with Crippen LogP contribution in [0.4, 0.5) is 18.2 Å². The average molecular weight is 559 g/mol. The first-order chi connectivity index (χ1) is 18.7. The molecule has 1 aliphatic rings. The molecule has 12 heteroatoms. The number of ether oxygens (including phenoxy) is 2. The van der Waals surface area contributed by atoms with Gasteiger partial charge in [0.2, 0.25) is 0 Å². The van der Waals surface area contributed by atoms with Crippen LogP contribution in [0, 0.1) is 0 Å². The molecule has 0 fully saturated rings. The van der Waals surface area contributed by atoms with E-state index < -0.39 is 23.7 Å². The Morgan fingerprint density at radius 3 is 2.41 bits per heavy atom. The Morgan fingerprint density at radius 1 is 1.03 bits per heavy atom. The summed E-state index contributed by atoms with van der Waals surface area (Å²) in [6.45, 7) is 0. The topological polar surface area (TPSA) is 94.8 Å². The summed E-state index contributed by atoms with van der Waals surface area (Å²) in [5, 5.41) is 6.94. The van der Waals surface area contributed by atoms with Gasteiger partial charge in [-0.05, 0) is 61.6 Å². The van der Waals surface area contributed by atoms with E-state index in [1.54, 1.807) is 24.3 Å². The smallest absolute Gasteiger partial charge is 0.433 e. The van der Waals surface area contributed by atoms with Gasteiger partial charge in [-0.1, -0.05) is 12.8 Å². The summed E-state index contributed by atoms with van der Waals surface area (Å²) in [6, 6.07) is 8.51. The second-order valence-corrected chi connectivity index (χ2v) is 10.2. The minimum Gasteiger partial charge on any atom is -0.497 e. The van der Waals surface area contributed by atoms with Crippen LogP contribution in [0.5, 0.6) is 5.75 Å². The Hall–Kier alpha value is -3.93. The second-order valence-electron chi connectivity index (χ2n) is 9.12. The van der Waals surface area contributed by atoms with Gasteiger partial charge in [0.05, 0.1) is 25.5 Å². The largest absolute Gasteiger partial charge is 0.497 e. The van der Waals surface area contributed by atoms with Crippen LogP contribution in [0.2, 0.25) is 0 Å². The molecule has 3 heterocycles. The van der Waals surface area contributed by atoms with Gasteiger partial charge >= 0.3 is 12.1 Å². The number of amides is 1. The van der Waals surface area contributed by atoms with Crippen molar-refractivity contribution >= 4 is 33.9 Å². The molecule has 5 rings (SSSR count). The summed E-state index contributed by atoms with van der Waals surface area (Å²) in [5.74, 6) is -0.769. The Bertz CT molecular complexity index is 1540. The number of anilines is 1. The van der Waals surface area contributed by atoms with E-state index in [-0.39, 0.29) is 17.0 Å². The molecule has 8 nitrogen and oxygen atoms in total. The van der Waals surface area contributed by atoms with E-state index in [1.165, 1.54) is 31.6 Å². The highest BCUT2D eigenvalue weighted by Crippen LogP contribution is 2.38. The highest BCUT2D eigenvalue weighted by molar-refractivity contribution is 7.17. The van der Waals surface area contributed by atoms with Crippen LogP contribution < -0.4 is 10.1 Å². The van der Waals surface area contributed by atoms with Crippen LogP contribution in [-0.4, -0.2) is 40.7 Å². The summed E-state index contributed by atoms with van der Waals surface area (Å²) in [7, 11) is 2.76. The standard InChI is InChI=1S/C27H25F3N4O4S/c1-37-16-11-9-15(10-12-16)18-13-21(27(28,29)30)34-22(31-18)14-19(33-34)24(35)32-25-23(26(36)38-2)17-7-5-3-4-6-8-20(17)39-25/h9-14H,3-8H2,1-2H3,(H,32,35). The van der Waals surface area contributed by atoms with Gasteiger partial charge in [0.1, 0.15) is 10.8 Å². The predicted octanol–water partition coefficient (Wildman–Crippen LogP) is 6.18. The molecule has 1 N–H and O–H groups in total. The summed E-state index contributed by atoms with van der Waals surface area (Å²) in [6.07, 6.45) is 0.720. The molecule has 1 aliphatic carbocycles. The first-order valence-electron chi connectivity index (χ1n) is 12.4. The van der Waals surface area contributed by atoms with Gasteiger partial charge in [-0.3, -0.25) is 4.79 Å². The van der Waals surface area contributed by atoms with E-state index in [0.717, 1.165) is 48.6 Å².